The van der Waals surface area contributed by atoms with E-state index in [1.165, 1.54) is 0 Å². The van der Waals surface area contributed by atoms with E-state index in [4.69, 9.17) is 31.6 Å². The molecule has 0 aliphatic carbocycles. The number of halogens is 1. The minimum atomic E-state index is -1.20. The number of rotatable bonds is 7. The molecule has 2 atom stereocenters. The fourth-order valence-electron chi connectivity index (χ4n) is 6.98. The maximum Gasteiger partial charge on any atom is 0.165 e. The molecule has 8 rings (SSSR count). The van der Waals surface area contributed by atoms with Gasteiger partial charge in [0, 0.05) is 11.1 Å². The molecule has 2 aliphatic heterocycles. The molecule has 5 heteroatoms. The number of aryl methyl sites for hydroxylation is 1. The molecule has 0 amide bonds. The van der Waals surface area contributed by atoms with Crippen molar-refractivity contribution < 1.29 is 0 Å². The molecule has 4 nitrogen and oxygen atoms in total. The maximum atomic E-state index is 6.89. The van der Waals surface area contributed by atoms with E-state index in [-0.39, 0.29) is 0 Å². The Hall–Kier alpha value is -5.71. The summed E-state index contributed by atoms with van der Waals surface area (Å²) in [6, 6.07) is 57.5. The van der Waals surface area contributed by atoms with Gasteiger partial charge < -0.3 is 0 Å². The molecule has 2 heterocycles. The van der Waals surface area contributed by atoms with Crippen molar-refractivity contribution in [2.75, 3.05) is 0 Å². The number of aliphatic imine (C=N–C) groups is 4. The molecule has 6 aromatic rings. The minimum absolute atomic E-state index is 0.547. The van der Waals surface area contributed by atoms with Crippen molar-refractivity contribution in [3.63, 3.8) is 0 Å². The van der Waals surface area contributed by atoms with Gasteiger partial charge in [0.25, 0.3) is 0 Å². The Morgan fingerprint density at radius 2 is 0.792 bits per heavy atom. The van der Waals surface area contributed by atoms with Gasteiger partial charge in [0.05, 0.1) is 16.4 Å². The highest BCUT2D eigenvalue weighted by molar-refractivity contribution is 6.36. The first kappa shape index (κ1) is 29.7. The van der Waals surface area contributed by atoms with Gasteiger partial charge in [-0.05, 0) is 46.9 Å². The lowest BCUT2D eigenvalue weighted by molar-refractivity contribution is 0.420. The Balaban J connectivity index is 1.58. The predicted molar refractivity (Wildman–Crippen MR) is 198 cm³/mol. The third kappa shape index (κ3) is 4.68. The number of hydrogen-bond donors (Lipinski definition) is 0. The molecule has 0 saturated carbocycles. The zero-order valence-corrected chi connectivity index (χ0v) is 27.1. The van der Waals surface area contributed by atoms with Gasteiger partial charge in [-0.3, -0.25) is 0 Å². The standard InChI is InChI=1S/C43H31ClN4/c1-30-18-14-15-27-35(30)40-45-38(31-19-6-2-7-20-31)42(47-40,33-23-10-4-11-24-33)43(34-25-12-5-13-26-34)39(32-21-8-3-9-22-32)46-41(48-43)36-28-16-17-29-37(36)44/h2-29H,1H3. The SMILES string of the molecule is Cc1ccccc1C1=NC(c2ccccc2)(C2(c3ccccc3)N=C(c3ccccc3Cl)N=C2c2ccccc2)C(c2ccccc2)=N1. The summed E-state index contributed by atoms with van der Waals surface area (Å²) >= 11 is 6.89. The van der Waals surface area contributed by atoms with Crippen molar-refractivity contribution in [1.29, 1.82) is 0 Å². The van der Waals surface area contributed by atoms with Gasteiger partial charge >= 0.3 is 0 Å². The zero-order chi connectivity index (χ0) is 32.6. The third-order valence-corrected chi connectivity index (χ3v) is 9.50. The second-order valence-corrected chi connectivity index (χ2v) is 12.4. The van der Waals surface area contributed by atoms with Gasteiger partial charge in [-0.1, -0.05) is 169 Å². The predicted octanol–water partition coefficient (Wildman–Crippen LogP) is 9.64. The first-order chi connectivity index (χ1) is 23.6. The van der Waals surface area contributed by atoms with E-state index in [2.05, 4.69) is 91.9 Å². The summed E-state index contributed by atoms with van der Waals surface area (Å²) in [5.74, 6) is 1.20. The summed E-state index contributed by atoms with van der Waals surface area (Å²) in [7, 11) is 0. The van der Waals surface area contributed by atoms with Gasteiger partial charge in [-0.2, -0.15) is 0 Å². The van der Waals surface area contributed by atoms with E-state index in [0.717, 1.165) is 50.4 Å². The van der Waals surface area contributed by atoms with Gasteiger partial charge in [0.15, 0.2) is 22.7 Å². The fourth-order valence-corrected chi connectivity index (χ4v) is 7.20. The second-order valence-electron chi connectivity index (χ2n) is 12.0. The van der Waals surface area contributed by atoms with Crippen LogP contribution < -0.4 is 0 Å². The summed E-state index contributed by atoms with van der Waals surface area (Å²) in [4.78, 5) is 22.5. The summed E-state index contributed by atoms with van der Waals surface area (Å²) < 4.78 is 0. The monoisotopic (exact) mass is 638 g/mol. The second kappa shape index (κ2) is 12.1. The Labute approximate surface area is 285 Å². The molecule has 0 aromatic heterocycles. The van der Waals surface area contributed by atoms with Crippen LogP contribution in [0.5, 0.6) is 0 Å². The van der Waals surface area contributed by atoms with Crippen LogP contribution in [0.4, 0.5) is 0 Å². The highest BCUT2D eigenvalue weighted by Crippen LogP contribution is 2.55. The summed E-state index contributed by atoms with van der Waals surface area (Å²) in [5, 5.41) is 0.581. The summed E-state index contributed by atoms with van der Waals surface area (Å²) in [6.45, 7) is 2.10. The van der Waals surface area contributed by atoms with E-state index in [1.807, 2.05) is 84.9 Å². The molecule has 0 radical (unpaired) electrons. The molecule has 0 N–H and O–H groups in total. The highest BCUT2D eigenvalue weighted by Gasteiger charge is 2.64. The fraction of sp³-hybridized carbons (Fsp3) is 0.0698. The smallest absolute Gasteiger partial charge is 0.165 e. The van der Waals surface area contributed by atoms with Crippen LogP contribution in [-0.4, -0.2) is 23.1 Å². The van der Waals surface area contributed by atoms with Crippen molar-refractivity contribution in [3.8, 4) is 0 Å². The molecule has 0 spiro atoms. The van der Waals surface area contributed by atoms with Crippen molar-refractivity contribution in [2.45, 2.75) is 18.0 Å². The third-order valence-electron chi connectivity index (χ3n) is 9.17. The quantitative estimate of drug-likeness (QED) is 0.167. The largest absolute Gasteiger partial charge is 0.245 e. The molecule has 230 valence electrons. The van der Waals surface area contributed by atoms with E-state index < -0.39 is 11.1 Å². The van der Waals surface area contributed by atoms with Crippen LogP contribution in [0.25, 0.3) is 0 Å². The molecule has 0 saturated heterocycles. The lowest BCUT2D eigenvalue weighted by Gasteiger charge is -2.44. The molecule has 48 heavy (non-hydrogen) atoms. The Morgan fingerprint density at radius 1 is 0.417 bits per heavy atom. The molecule has 0 fully saturated rings. The first-order valence-electron chi connectivity index (χ1n) is 16.0. The van der Waals surface area contributed by atoms with Gasteiger partial charge in [-0.15, -0.1) is 0 Å². The van der Waals surface area contributed by atoms with Crippen LogP contribution in [0, 0.1) is 6.92 Å². The van der Waals surface area contributed by atoms with Crippen LogP contribution >= 0.6 is 11.6 Å². The van der Waals surface area contributed by atoms with E-state index in [1.54, 1.807) is 0 Å². The summed E-state index contributed by atoms with van der Waals surface area (Å²) in [5.41, 5.74) is 5.78. The Morgan fingerprint density at radius 3 is 1.25 bits per heavy atom. The van der Waals surface area contributed by atoms with Crippen LogP contribution in [-0.2, 0) is 11.1 Å². The molecule has 0 bridgehead atoms. The molecule has 2 unspecified atom stereocenters. The molecular formula is C43H31ClN4. The average Bonchev–Trinajstić information content (AvgIpc) is 3.76. The molecular weight excluding hydrogens is 608 g/mol. The van der Waals surface area contributed by atoms with E-state index in [9.17, 15) is 0 Å². The van der Waals surface area contributed by atoms with Crippen molar-refractivity contribution >= 4 is 34.7 Å². The van der Waals surface area contributed by atoms with Gasteiger partial charge in [0.1, 0.15) is 0 Å². The Kier molecular flexibility index (Phi) is 7.51. The maximum absolute atomic E-state index is 6.89. The van der Waals surface area contributed by atoms with E-state index in [0.29, 0.717) is 16.7 Å². The topological polar surface area (TPSA) is 49.4 Å². The van der Waals surface area contributed by atoms with Gasteiger partial charge in [0.2, 0.25) is 0 Å². The Bertz CT molecular complexity index is 2080. The van der Waals surface area contributed by atoms with Gasteiger partial charge in [-0.25, -0.2) is 20.0 Å². The summed E-state index contributed by atoms with van der Waals surface area (Å²) in [6.07, 6.45) is 0. The minimum Gasteiger partial charge on any atom is -0.245 e. The van der Waals surface area contributed by atoms with Crippen molar-refractivity contribution in [2.24, 2.45) is 20.0 Å². The van der Waals surface area contributed by atoms with Crippen LogP contribution in [0.1, 0.15) is 38.9 Å². The van der Waals surface area contributed by atoms with E-state index >= 15 is 0 Å². The van der Waals surface area contributed by atoms with Crippen molar-refractivity contribution in [1.82, 2.24) is 0 Å². The van der Waals surface area contributed by atoms with Crippen LogP contribution in [0.15, 0.2) is 190 Å². The zero-order valence-electron chi connectivity index (χ0n) is 26.3. The number of hydrogen-bond acceptors (Lipinski definition) is 4. The molecule has 6 aromatic carbocycles. The normalized spacial score (nSPS) is 20.1. The number of amidine groups is 2. The lowest BCUT2D eigenvalue weighted by Crippen LogP contribution is -2.55. The van der Waals surface area contributed by atoms with Crippen LogP contribution in [0.3, 0.4) is 0 Å². The van der Waals surface area contributed by atoms with Crippen LogP contribution in [0.2, 0.25) is 5.02 Å². The average molecular weight is 639 g/mol. The highest BCUT2D eigenvalue weighted by atomic mass is 35.5. The number of benzene rings is 6. The number of nitrogens with zero attached hydrogens (tertiary/aromatic N) is 4. The first-order valence-corrected chi connectivity index (χ1v) is 16.4. The van der Waals surface area contributed by atoms with Crippen molar-refractivity contribution in [3.05, 3.63) is 214 Å². The molecule has 2 aliphatic rings. The lowest BCUT2D eigenvalue weighted by atomic mass is 9.62.